The van der Waals surface area contributed by atoms with Crippen molar-refractivity contribution in [3.8, 4) is 0 Å². The van der Waals surface area contributed by atoms with Gasteiger partial charge in [-0.2, -0.15) is 0 Å². The highest BCUT2D eigenvalue weighted by molar-refractivity contribution is 7.88. The number of amides is 1. The van der Waals surface area contributed by atoms with Crippen molar-refractivity contribution < 1.29 is 13.2 Å². The van der Waals surface area contributed by atoms with E-state index in [-0.39, 0.29) is 23.6 Å². The third-order valence-corrected chi connectivity index (χ3v) is 6.46. The topological polar surface area (TPSA) is 66.5 Å². The normalized spacial score (nSPS) is 20.4. The van der Waals surface area contributed by atoms with Gasteiger partial charge in [-0.05, 0) is 38.2 Å². The predicted molar refractivity (Wildman–Crippen MR) is 89.3 cm³/mol. The quantitative estimate of drug-likeness (QED) is 0.892. The largest absolute Gasteiger partial charge is 0.353 e. The van der Waals surface area contributed by atoms with Gasteiger partial charge in [0.1, 0.15) is 0 Å². The molecule has 5 nitrogen and oxygen atoms in total. The highest BCUT2D eigenvalue weighted by Gasteiger charge is 2.33. The molecule has 1 aliphatic heterocycles. The van der Waals surface area contributed by atoms with Gasteiger partial charge in [0.2, 0.25) is 15.9 Å². The van der Waals surface area contributed by atoms with Crippen LogP contribution in [0.5, 0.6) is 0 Å². The van der Waals surface area contributed by atoms with E-state index in [0.29, 0.717) is 25.9 Å². The van der Waals surface area contributed by atoms with E-state index in [0.717, 1.165) is 24.0 Å². The van der Waals surface area contributed by atoms with E-state index in [9.17, 15) is 13.2 Å². The number of benzene rings is 1. The number of nitrogens with one attached hydrogen (secondary N) is 1. The standard InChI is InChI=1S/C17H24N2O3S/c1-13-2-4-14(5-3-13)12-23(21,22)19-10-8-16(9-11-19)18-17(20)15-6-7-15/h2-5,15-16H,6-12H2,1H3,(H,18,20). The van der Waals surface area contributed by atoms with Crippen LogP contribution in [0.15, 0.2) is 24.3 Å². The first-order chi connectivity index (χ1) is 10.9. The van der Waals surface area contributed by atoms with Crippen LogP contribution in [0.3, 0.4) is 0 Å². The van der Waals surface area contributed by atoms with Gasteiger partial charge < -0.3 is 5.32 Å². The van der Waals surface area contributed by atoms with Crippen LogP contribution in [-0.4, -0.2) is 37.8 Å². The second-order valence-corrected chi connectivity index (χ2v) is 8.67. The number of carbonyl (C=O) groups is 1. The molecule has 1 saturated carbocycles. The molecule has 0 atom stereocenters. The summed E-state index contributed by atoms with van der Waals surface area (Å²) in [5.41, 5.74) is 1.94. The third-order valence-electron chi connectivity index (χ3n) is 4.61. The fourth-order valence-corrected chi connectivity index (χ4v) is 4.49. The van der Waals surface area contributed by atoms with Crippen molar-refractivity contribution in [2.45, 2.75) is 44.4 Å². The molecule has 23 heavy (non-hydrogen) atoms. The molecule has 1 aromatic carbocycles. The Morgan fingerprint density at radius 2 is 1.74 bits per heavy atom. The zero-order chi connectivity index (χ0) is 16.4. The van der Waals surface area contributed by atoms with Gasteiger partial charge in [0.05, 0.1) is 5.75 Å². The molecule has 0 unspecified atom stereocenters. The minimum atomic E-state index is -3.28. The van der Waals surface area contributed by atoms with Crippen molar-refractivity contribution in [1.29, 1.82) is 0 Å². The third kappa shape index (κ3) is 4.32. The molecule has 0 radical (unpaired) electrons. The molecule has 0 aromatic heterocycles. The monoisotopic (exact) mass is 336 g/mol. The van der Waals surface area contributed by atoms with Crippen LogP contribution < -0.4 is 5.32 Å². The van der Waals surface area contributed by atoms with Crippen molar-refractivity contribution in [2.75, 3.05) is 13.1 Å². The first kappa shape index (κ1) is 16.5. The first-order valence-electron chi connectivity index (χ1n) is 8.28. The molecule has 1 N–H and O–H groups in total. The van der Waals surface area contributed by atoms with Gasteiger partial charge in [-0.1, -0.05) is 29.8 Å². The molecule has 126 valence electrons. The van der Waals surface area contributed by atoms with Crippen LogP contribution in [0.25, 0.3) is 0 Å². The van der Waals surface area contributed by atoms with Crippen molar-refractivity contribution in [2.24, 2.45) is 5.92 Å². The summed E-state index contributed by atoms with van der Waals surface area (Å²) in [5, 5.41) is 3.05. The van der Waals surface area contributed by atoms with Crippen molar-refractivity contribution in [1.82, 2.24) is 9.62 Å². The number of aryl methyl sites for hydroxylation is 1. The molecular formula is C17H24N2O3S. The molecule has 2 fully saturated rings. The maximum atomic E-state index is 12.5. The summed E-state index contributed by atoms with van der Waals surface area (Å²) < 4.78 is 26.6. The Labute approximate surface area is 138 Å². The second kappa shape index (κ2) is 6.61. The lowest BCUT2D eigenvalue weighted by molar-refractivity contribution is -0.123. The van der Waals surface area contributed by atoms with Crippen molar-refractivity contribution in [3.63, 3.8) is 0 Å². The fourth-order valence-electron chi connectivity index (χ4n) is 2.93. The summed E-state index contributed by atoms with van der Waals surface area (Å²) >= 11 is 0. The Balaban J connectivity index is 1.53. The molecule has 6 heteroatoms. The van der Waals surface area contributed by atoms with Crippen molar-refractivity contribution >= 4 is 15.9 Å². The minimum Gasteiger partial charge on any atom is -0.353 e. The van der Waals surface area contributed by atoms with E-state index in [1.54, 1.807) is 4.31 Å². The van der Waals surface area contributed by atoms with Crippen LogP contribution in [0.4, 0.5) is 0 Å². The molecule has 1 heterocycles. The predicted octanol–water partition coefficient (Wildman–Crippen LogP) is 1.82. The van der Waals surface area contributed by atoms with E-state index >= 15 is 0 Å². The summed E-state index contributed by atoms with van der Waals surface area (Å²) in [7, 11) is -3.28. The van der Waals surface area contributed by atoms with Crippen molar-refractivity contribution in [3.05, 3.63) is 35.4 Å². The van der Waals surface area contributed by atoms with E-state index in [2.05, 4.69) is 5.32 Å². The summed E-state index contributed by atoms with van der Waals surface area (Å²) in [6.45, 7) is 2.96. The van der Waals surface area contributed by atoms with Gasteiger partial charge in [0.15, 0.2) is 0 Å². The van der Waals surface area contributed by atoms with Crippen LogP contribution in [0.2, 0.25) is 0 Å². The lowest BCUT2D eigenvalue weighted by Crippen LogP contribution is -2.47. The number of rotatable bonds is 5. The van der Waals surface area contributed by atoms with Crippen LogP contribution in [0, 0.1) is 12.8 Å². The fraction of sp³-hybridized carbons (Fsp3) is 0.588. The second-order valence-electron chi connectivity index (χ2n) is 6.70. The van der Waals surface area contributed by atoms with E-state index in [1.165, 1.54) is 0 Å². The molecule has 1 saturated heterocycles. The molecule has 1 amide bonds. The van der Waals surface area contributed by atoms with Gasteiger partial charge in [0, 0.05) is 25.0 Å². The van der Waals surface area contributed by atoms with Crippen LogP contribution >= 0.6 is 0 Å². The summed E-state index contributed by atoms with van der Waals surface area (Å²) in [6, 6.07) is 7.73. The summed E-state index contributed by atoms with van der Waals surface area (Å²) in [5.74, 6) is 0.399. The number of hydrogen-bond acceptors (Lipinski definition) is 3. The van der Waals surface area contributed by atoms with Crippen LogP contribution in [-0.2, 0) is 20.6 Å². The number of nitrogens with zero attached hydrogens (tertiary/aromatic N) is 1. The lowest BCUT2D eigenvalue weighted by atomic mass is 10.1. The first-order valence-corrected chi connectivity index (χ1v) is 9.89. The summed E-state index contributed by atoms with van der Waals surface area (Å²) in [6.07, 6.45) is 3.39. The zero-order valence-corrected chi connectivity index (χ0v) is 14.3. The molecule has 0 spiro atoms. The van der Waals surface area contributed by atoms with Gasteiger partial charge in [-0.25, -0.2) is 12.7 Å². The van der Waals surface area contributed by atoms with E-state index in [4.69, 9.17) is 0 Å². The summed E-state index contributed by atoms with van der Waals surface area (Å²) in [4.78, 5) is 11.8. The smallest absolute Gasteiger partial charge is 0.223 e. The lowest BCUT2D eigenvalue weighted by Gasteiger charge is -2.31. The molecule has 1 aromatic rings. The highest BCUT2D eigenvalue weighted by Crippen LogP contribution is 2.29. The van der Waals surface area contributed by atoms with Gasteiger partial charge >= 0.3 is 0 Å². The molecular weight excluding hydrogens is 312 g/mol. The Hall–Kier alpha value is -1.40. The zero-order valence-electron chi connectivity index (χ0n) is 13.5. The Morgan fingerprint density at radius 3 is 2.30 bits per heavy atom. The highest BCUT2D eigenvalue weighted by atomic mass is 32.2. The average molecular weight is 336 g/mol. The Morgan fingerprint density at radius 1 is 1.13 bits per heavy atom. The van der Waals surface area contributed by atoms with Gasteiger partial charge in [-0.3, -0.25) is 4.79 Å². The van der Waals surface area contributed by atoms with E-state index < -0.39 is 10.0 Å². The number of hydrogen-bond donors (Lipinski definition) is 1. The number of sulfonamides is 1. The number of piperidine rings is 1. The number of carbonyl (C=O) groups excluding carboxylic acids is 1. The minimum absolute atomic E-state index is 0.0480. The Bertz CT molecular complexity index is 658. The molecule has 0 bridgehead atoms. The maximum absolute atomic E-state index is 12.5. The van der Waals surface area contributed by atoms with E-state index in [1.807, 2.05) is 31.2 Å². The molecule has 2 aliphatic rings. The molecule has 1 aliphatic carbocycles. The van der Waals surface area contributed by atoms with Gasteiger partial charge in [0.25, 0.3) is 0 Å². The van der Waals surface area contributed by atoms with Gasteiger partial charge in [-0.15, -0.1) is 0 Å². The van der Waals surface area contributed by atoms with Crippen LogP contribution in [0.1, 0.15) is 36.8 Å². The SMILES string of the molecule is Cc1ccc(CS(=O)(=O)N2CCC(NC(=O)C3CC3)CC2)cc1. The average Bonchev–Trinajstić information content (AvgIpc) is 3.35. The maximum Gasteiger partial charge on any atom is 0.223 e. The Kier molecular flexibility index (Phi) is 4.73. The molecule has 3 rings (SSSR count).